The van der Waals surface area contributed by atoms with Crippen LogP contribution in [0.3, 0.4) is 0 Å². The van der Waals surface area contributed by atoms with Crippen molar-refractivity contribution in [1.82, 2.24) is 0 Å². The molecule has 6 nitrogen and oxygen atoms in total. The second-order valence-corrected chi connectivity index (χ2v) is 15.6. The first-order valence-electron chi connectivity index (χ1n) is 23.8. The lowest BCUT2D eigenvalue weighted by molar-refractivity contribution is -0.167. The van der Waals surface area contributed by atoms with Crippen molar-refractivity contribution >= 4 is 17.9 Å². The van der Waals surface area contributed by atoms with Gasteiger partial charge in [-0.3, -0.25) is 14.4 Å². The maximum atomic E-state index is 12.7. The van der Waals surface area contributed by atoms with Gasteiger partial charge in [-0.15, -0.1) is 0 Å². The third-order valence-corrected chi connectivity index (χ3v) is 10.0. The Morgan fingerprint density at radius 2 is 0.684 bits per heavy atom. The minimum Gasteiger partial charge on any atom is -0.462 e. The number of hydrogen-bond acceptors (Lipinski definition) is 6. The molecular formula is C51H88O6. The molecule has 0 heterocycles. The summed E-state index contributed by atoms with van der Waals surface area (Å²) in [6.45, 7) is 6.45. The number of carbonyl (C=O) groups excluding carboxylic acids is 3. The standard InChI is InChI=1S/C51H88O6/c1-4-7-10-13-16-19-22-23-24-25-26-27-30-32-35-38-41-44-50(53)56-47-48(57-51(54)45-42-39-36-33-29-21-18-15-12-9-6-3)46-55-49(52)43-40-37-34-31-28-20-17-14-11-8-5-2/h7,10,16,19,23-24,26-27,32,35,48H,4-6,8-9,11-15,17-18,20-22,25,28-31,33-34,36-47H2,1-3H3/b10-7-,19-16-,24-23-,27-26-,35-32-/t48-/m1/s1. The van der Waals surface area contributed by atoms with E-state index in [1.165, 1.54) is 103 Å². The Balaban J connectivity index is 4.44. The molecule has 6 heteroatoms. The van der Waals surface area contributed by atoms with Gasteiger partial charge in [-0.05, 0) is 57.8 Å². The first kappa shape index (κ1) is 54.1. The Morgan fingerprint density at radius 1 is 0.368 bits per heavy atom. The van der Waals surface area contributed by atoms with E-state index in [1.54, 1.807) is 0 Å². The molecule has 0 rings (SSSR count). The zero-order chi connectivity index (χ0) is 41.5. The number of ether oxygens (including phenoxy) is 3. The summed E-state index contributed by atoms with van der Waals surface area (Å²) in [6, 6.07) is 0. The highest BCUT2D eigenvalue weighted by Gasteiger charge is 2.19. The maximum absolute atomic E-state index is 12.7. The summed E-state index contributed by atoms with van der Waals surface area (Å²) in [4.78, 5) is 37.7. The summed E-state index contributed by atoms with van der Waals surface area (Å²) in [6.07, 6.45) is 54.9. The Kier molecular flexibility index (Phi) is 43.5. The third kappa shape index (κ3) is 44.1. The fourth-order valence-corrected chi connectivity index (χ4v) is 6.48. The third-order valence-electron chi connectivity index (χ3n) is 10.0. The highest BCUT2D eigenvalue weighted by Crippen LogP contribution is 2.14. The number of rotatable bonds is 42. The van der Waals surface area contributed by atoms with Crippen molar-refractivity contribution < 1.29 is 28.6 Å². The van der Waals surface area contributed by atoms with Gasteiger partial charge in [0.2, 0.25) is 0 Å². The van der Waals surface area contributed by atoms with Crippen LogP contribution < -0.4 is 0 Å². The molecule has 0 aliphatic rings. The molecule has 0 aliphatic heterocycles. The van der Waals surface area contributed by atoms with Gasteiger partial charge in [0.25, 0.3) is 0 Å². The van der Waals surface area contributed by atoms with Crippen molar-refractivity contribution in [3.05, 3.63) is 60.8 Å². The monoisotopic (exact) mass is 797 g/mol. The Bertz CT molecular complexity index is 1050. The predicted molar refractivity (Wildman–Crippen MR) is 242 cm³/mol. The van der Waals surface area contributed by atoms with E-state index in [0.717, 1.165) is 77.0 Å². The van der Waals surface area contributed by atoms with Crippen LogP contribution in [0.15, 0.2) is 60.8 Å². The van der Waals surface area contributed by atoms with Gasteiger partial charge < -0.3 is 14.2 Å². The van der Waals surface area contributed by atoms with Crippen LogP contribution in [0.25, 0.3) is 0 Å². The van der Waals surface area contributed by atoms with E-state index >= 15 is 0 Å². The smallest absolute Gasteiger partial charge is 0.306 e. The van der Waals surface area contributed by atoms with Crippen LogP contribution in [0.5, 0.6) is 0 Å². The molecule has 0 saturated carbocycles. The van der Waals surface area contributed by atoms with Gasteiger partial charge in [0.05, 0.1) is 0 Å². The van der Waals surface area contributed by atoms with Crippen LogP contribution in [0.2, 0.25) is 0 Å². The normalized spacial score (nSPS) is 12.5. The van der Waals surface area contributed by atoms with Gasteiger partial charge in [-0.25, -0.2) is 0 Å². The molecule has 0 amide bonds. The summed E-state index contributed by atoms with van der Waals surface area (Å²) in [5, 5.41) is 0. The van der Waals surface area contributed by atoms with Gasteiger partial charge in [-0.2, -0.15) is 0 Å². The molecular weight excluding hydrogens is 709 g/mol. The van der Waals surface area contributed by atoms with E-state index in [0.29, 0.717) is 19.3 Å². The fraction of sp³-hybridized carbons (Fsp3) is 0.745. The van der Waals surface area contributed by atoms with Gasteiger partial charge in [0.15, 0.2) is 6.10 Å². The second-order valence-electron chi connectivity index (χ2n) is 15.6. The van der Waals surface area contributed by atoms with Crippen molar-refractivity contribution in [1.29, 1.82) is 0 Å². The van der Waals surface area contributed by atoms with E-state index in [9.17, 15) is 14.4 Å². The summed E-state index contributed by atoms with van der Waals surface area (Å²) in [7, 11) is 0. The predicted octanol–water partition coefficient (Wildman–Crippen LogP) is 15.3. The number of hydrogen-bond donors (Lipinski definition) is 0. The highest BCUT2D eigenvalue weighted by molar-refractivity contribution is 5.71. The van der Waals surface area contributed by atoms with Crippen molar-refractivity contribution in [2.45, 2.75) is 232 Å². The van der Waals surface area contributed by atoms with Crippen LogP contribution in [-0.2, 0) is 28.6 Å². The number of unbranched alkanes of at least 4 members (excludes halogenated alkanes) is 21. The van der Waals surface area contributed by atoms with Crippen molar-refractivity contribution in [3.8, 4) is 0 Å². The van der Waals surface area contributed by atoms with Gasteiger partial charge in [0.1, 0.15) is 13.2 Å². The van der Waals surface area contributed by atoms with E-state index < -0.39 is 6.10 Å². The zero-order valence-corrected chi connectivity index (χ0v) is 37.3. The molecule has 0 aromatic rings. The van der Waals surface area contributed by atoms with Gasteiger partial charge in [0, 0.05) is 19.3 Å². The number of allylic oxidation sites excluding steroid dienone is 10. The van der Waals surface area contributed by atoms with Crippen molar-refractivity contribution in [2.75, 3.05) is 13.2 Å². The minimum atomic E-state index is -0.790. The van der Waals surface area contributed by atoms with Crippen molar-refractivity contribution in [3.63, 3.8) is 0 Å². The van der Waals surface area contributed by atoms with E-state index in [1.807, 2.05) is 0 Å². The topological polar surface area (TPSA) is 78.9 Å². The van der Waals surface area contributed by atoms with Crippen LogP contribution in [0.4, 0.5) is 0 Å². The van der Waals surface area contributed by atoms with E-state index in [4.69, 9.17) is 14.2 Å². The zero-order valence-electron chi connectivity index (χ0n) is 37.3. The molecule has 0 saturated heterocycles. The average Bonchev–Trinajstić information content (AvgIpc) is 3.21. The van der Waals surface area contributed by atoms with Crippen LogP contribution in [-0.4, -0.2) is 37.2 Å². The molecule has 0 spiro atoms. The molecule has 57 heavy (non-hydrogen) atoms. The maximum Gasteiger partial charge on any atom is 0.306 e. The molecule has 0 fully saturated rings. The lowest BCUT2D eigenvalue weighted by Gasteiger charge is -2.18. The first-order valence-corrected chi connectivity index (χ1v) is 23.8. The molecule has 0 radical (unpaired) electrons. The summed E-state index contributed by atoms with van der Waals surface area (Å²) in [5.74, 6) is -0.950. The summed E-state index contributed by atoms with van der Waals surface area (Å²) in [5.41, 5.74) is 0. The van der Waals surface area contributed by atoms with Gasteiger partial charge in [-0.1, -0.05) is 210 Å². The number of esters is 3. The Labute approximate surface area is 351 Å². The van der Waals surface area contributed by atoms with Crippen LogP contribution in [0, 0.1) is 0 Å². The Morgan fingerprint density at radius 3 is 1.07 bits per heavy atom. The lowest BCUT2D eigenvalue weighted by atomic mass is 10.1. The molecule has 1 atom stereocenters. The molecule has 0 N–H and O–H groups in total. The summed E-state index contributed by atoms with van der Waals surface area (Å²) < 4.78 is 16.7. The van der Waals surface area contributed by atoms with E-state index in [2.05, 4.69) is 81.5 Å². The number of carbonyl (C=O) groups is 3. The first-order chi connectivity index (χ1) is 28.0. The second kappa shape index (κ2) is 45.8. The molecule has 0 aliphatic carbocycles. The molecule has 328 valence electrons. The van der Waals surface area contributed by atoms with Gasteiger partial charge >= 0.3 is 17.9 Å². The highest BCUT2D eigenvalue weighted by atomic mass is 16.6. The van der Waals surface area contributed by atoms with E-state index in [-0.39, 0.29) is 37.5 Å². The summed E-state index contributed by atoms with van der Waals surface area (Å²) >= 11 is 0. The fourth-order valence-electron chi connectivity index (χ4n) is 6.48. The molecule has 0 aromatic heterocycles. The van der Waals surface area contributed by atoms with Crippen LogP contribution in [0.1, 0.15) is 226 Å². The molecule has 0 aromatic carbocycles. The average molecular weight is 797 g/mol. The van der Waals surface area contributed by atoms with Crippen molar-refractivity contribution in [2.24, 2.45) is 0 Å². The Hall–Kier alpha value is -2.89. The molecule has 0 unspecified atom stereocenters. The van der Waals surface area contributed by atoms with Crippen LogP contribution >= 0.6 is 0 Å². The SMILES string of the molecule is CC/C=C\C/C=C\C/C=C\C/C=C\C/C=C\CCCC(=O)OC[C@@H](COC(=O)CCCCCCCCCCCCC)OC(=O)CCCCCCCCCCCCC. The lowest BCUT2D eigenvalue weighted by Crippen LogP contribution is -2.30. The largest absolute Gasteiger partial charge is 0.462 e. The molecule has 0 bridgehead atoms. The quantitative estimate of drug-likeness (QED) is 0.0265. The minimum absolute atomic E-state index is 0.0891.